The normalized spacial score (nSPS) is 16.8. The summed E-state index contributed by atoms with van der Waals surface area (Å²) in [7, 11) is 4.82. The van der Waals surface area contributed by atoms with Crippen LogP contribution in [-0.4, -0.2) is 148 Å². The summed E-state index contributed by atoms with van der Waals surface area (Å²) >= 11 is 1.74. The van der Waals surface area contributed by atoms with Gasteiger partial charge in [-0.05, 0) is 68.1 Å². The average Bonchev–Trinajstić information content (AvgIpc) is 1.28. The van der Waals surface area contributed by atoms with E-state index in [0.717, 1.165) is 79.5 Å². The molecule has 5 aromatic heterocycles. The van der Waals surface area contributed by atoms with Gasteiger partial charge in [-0.1, -0.05) is 60.7 Å². The molecule has 24 heteroatoms. The van der Waals surface area contributed by atoms with Gasteiger partial charge < -0.3 is 47.8 Å². The van der Waals surface area contributed by atoms with Gasteiger partial charge in [-0.15, -0.1) is 11.3 Å². The largest absolute Gasteiger partial charge is 0.468 e. The number of benzene rings is 3. The lowest BCUT2D eigenvalue weighted by Crippen LogP contribution is -2.53. The molecule has 0 aliphatic carbocycles. The Bertz CT molecular complexity index is 3720. The minimum Gasteiger partial charge on any atom is -0.468 e. The Morgan fingerprint density at radius 2 is 1.08 bits per heavy atom. The third kappa shape index (κ3) is 12.0. The molecule has 23 nitrogen and oxygen atoms in total. The minimum atomic E-state index is -0.604. The Labute approximate surface area is 487 Å². The molecule has 4 fully saturated rings. The Balaban J connectivity index is 0.000000141. The van der Waals surface area contributed by atoms with Crippen LogP contribution in [0.4, 0.5) is 28.4 Å². The van der Waals surface area contributed by atoms with Crippen LogP contribution in [0.1, 0.15) is 40.8 Å². The molecule has 440 valence electrons. The molecule has 0 saturated carbocycles. The maximum Gasteiger partial charge on any atom is 0.357 e. The number of nitrogens with zero attached hydrogens (tertiary/aromatic N) is 11. The van der Waals surface area contributed by atoms with Gasteiger partial charge >= 0.3 is 28.5 Å². The number of furan rings is 1. The van der Waals surface area contributed by atoms with Crippen molar-refractivity contribution >= 4 is 84.4 Å². The van der Waals surface area contributed by atoms with Gasteiger partial charge in [0.1, 0.15) is 22.7 Å². The monoisotopic (exact) mass is 1160 g/mol. The number of nitrogens with one attached hydrogen (secondary N) is 1. The van der Waals surface area contributed by atoms with Crippen LogP contribution in [0.25, 0.3) is 32.7 Å². The summed E-state index contributed by atoms with van der Waals surface area (Å²) in [6, 6.07) is 30.2. The Hall–Kier alpha value is -8.71. The highest BCUT2D eigenvalue weighted by molar-refractivity contribution is 7.09. The van der Waals surface area contributed by atoms with Gasteiger partial charge in [-0.25, -0.2) is 4.79 Å². The first-order valence-electron chi connectivity index (χ1n) is 28.2. The molecule has 0 spiro atoms. The van der Waals surface area contributed by atoms with Crippen molar-refractivity contribution in [1.29, 1.82) is 0 Å². The quantitative estimate of drug-likeness (QED) is 0.0801. The molecule has 8 aromatic rings. The predicted molar refractivity (Wildman–Crippen MR) is 325 cm³/mol. The van der Waals surface area contributed by atoms with E-state index in [9.17, 15) is 44.2 Å². The van der Waals surface area contributed by atoms with Crippen molar-refractivity contribution in [1.82, 2.24) is 33.7 Å². The van der Waals surface area contributed by atoms with Crippen LogP contribution in [0.5, 0.6) is 0 Å². The summed E-state index contributed by atoms with van der Waals surface area (Å²) in [5, 5.41) is 31.1. The minimum absolute atomic E-state index is 0.0651. The van der Waals surface area contributed by atoms with Crippen LogP contribution < -0.4 is 36.7 Å². The zero-order valence-electron chi connectivity index (χ0n) is 47.5. The Kier molecular flexibility index (Phi) is 18.0. The van der Waals surface area contributed by atoms with Gasteiger partial charge in [0.15, 0.2) is 0 Å². The number of ether oxygens (including phenoxy) is 1. The van der Waals surface area contributed by atoms with Crippen molar-refractivity contribution in [3.63, 3.8) is 0 Å². The molecular weight excluding hydrogens is 1100 g/mol. The second kappa shape index (κ2) is 25.8. The van der Waals surface area contributed by atoms with E-state index in [4.69, 9.17) is 9.15 Å². The molecule has 1 unspecified atom stereocenters. The van der Waals surface area contributed by atoms with Crippen molar-refractivity contribution < 1.29 is 28.6 Å². The number of pyridine rings is 3. The first-order valence-corrected chi connectivity index (χ1v) is 29.1. The van der Waals surface area contributed by atoms with E-state index in [1.54, 1.807) is 45.7 Å². The van der Waals surface area contributed by atoms with Gasteiger partial charge in [-0.3, -0.25) is 49.2 Å². The van der Waals surface area contributed by atoms with E-state index in [2.05, 4.69) is 26.6 Å². The lowest BCUT2D eigenvalue weighted by molar-refractivity contribution is -0.385. The molecule has 4 saturated heterocycles. The molecule has 1 atom stereocenters. The zero-order chi connectivity index (χ0) is 59.2. The standard InChI is InChI=1S/C22H28N4O4.C19H20N4O4.C19H20N4O3S/c1-3-30-22(29)18-19(15-7-4-5-9-17(15)24(2)21(18)28)25-11-13-26(14-12-25)20(27)16-8-6-10-23-16;2*1-20-16-7-3-2-6-15(16)17(18(19(20)24)23(25)26)22-10-8-21(9-11-22)13-14-5-4-12-27-14/h4-5,7,9,16,23H,3,6,8,10-14H2,1-2H3;2*2-7,12H,8-11,13H2,1H3. The fourth-order valence-electron chi connectivity index (χ4n) is 11.9. The third-order valence-electron chi connectivity index (χ3n) is 16.2. The van der Waals surface area contributed by atoms with Gasteiger partial charge in [0.05, 0.1) is 57.5 Å². The number of rotatable bonds is 12. The van der Waals surface area contributed by atoms with E-state index in [-0.39, 0.29) is 41.1 Å². The SMILES string of the molecule is CCOC(=O)c1c(N2CCN(C(=O)C3CCCN3)CC2)c2ccccc2n(C)c1=O.Cn1c(=O)c([N+](=O)[O-])c(N2CCN(Cc3ccco3)CC2)c2ccccc21.Cn1c(=O)c([N+](=O)[O-])c(N2CCN(Cc3cccs3)CC2)c2ccccc21. The van der Waals surface area contributed by atoms with Crippen molar-refractivity contribution in [2.75, 3.05) is 106 Å². The van der Waals surface area contributed by atoms with Crippen LogP contribution in [-0.2, 0) is 43.8 Å². The molecule has 1 N–H and O–H groups in total. The number of hydrogen-bond acceptors (Lipinski definition) is 18. The number of anilines is 3. The fourth-order valence-corrected chi connectivity index (χ4v) is 12.6. The number of amides is 1. The van der Waals surface area contributed by atoms with Crippen LogP contribution >= 0.6 is 11.3 Å². The highest BCUT2D eigenvalue weighted by atomic mass is 32.1. The van der Waals surface area contributed by atoms with Crippen molar-refractivity contribution in [3.8, 4) is 0 Å². The second-order valence-electron chi connectivity index (χ2n) is 21.1. The Morgan fingerprint density at radius 1 is 0.607 bits per heavy atom. The molecule has 84 heavy (non-hydrogen) atoms. The number of nitro groups is 2. The second-order valence-corrected chi connectivity index (χ2v) is 22.2. The van der Waals surface area contributed by atoms with Gasteiger partial charge in [0.2, 0.25) is 5.91 Å². The molecule has 4 aliphatic heterocycles. The smallest absolute Gasteiger partial charge is 0.357 e. The molecule has 1 amide bonds. The number of thiophene rings is 1. The van der Waals surface area contributed by atoms with E-state index in [1.165, 1.54) is 18.6 Å². The Morgan fingerprint density at radius 3 is 1.54 bits per heavy atom. The summed E-state index contributed by atoms with van der Waals surface area (Å²) in [5.41, 5.74) is 1.54. The predicted octanol–water partition coefficient (Wildman–Crippen LogP) is 6.31. The molecule has 0 radical (unpaired) electrons. The maximum absolute atomic E-state index is 13.1. The summed E-state index contributed by atoms with van der Waals surface area (Å²) in [6.45, 7) is 12.3. The van der Waals surface area contributed by atoms with Crippen LogP contribution in [0.3, 0.4) is 0 Å². The number of aromatic nitrogens is 3. The highest BCUT2D eigenvalue weighted by Gasteiger charge is 2.35. The zero-order valence-corrected chi connectivity index (χ0v) is 48.3. The van der Waals surface area contributed by atoms with Gasteiger partial charge in [-0.2, -0.15) is 0 Å². The van der Waals surface area contributed by atoms with Gasteiger partial charge in [0, 0.05) is 127 Å². The fraction of sp³-hybridized carbons (Fsp3) is 0.383. The number of para-hydroxylation sites is 3. The van der Waals surface area contributed by atoms with Crippen LogP contribution in [0, 0.1) is 20.2 Å². The van der Waals surface area contributed by atoms with E-state index >= 15 is 0 Å². The van der Waals surface area contributed by atoms with Crippen molar-refractivity contribution in [3.05, 3.63) is 176 Å². The van der Waals surface area contributed by atoms with E-state index in [0.29, 0.717) is 87.0 Å². The number of aryl methyl sites for hydroxylation is 3. The van der Waals surface area contributed by atoms with E-state index < -0.39 is 26.9 Å². The lowest BCUT2D eigenvalue weighted by Gasteiger charge is -2.38. The van der Waals surface area contributed by atoms with E-state index in [1.807, 2.05) is 111 Å². The van der Waals surface area contributed by atoms with Crippen LogP contribution in [0.15, 0.2) is 128 Å². The molecule has 3 aromatic carbocycles. The highest BCUT2D eigenvalue weighted by Crippen LogP contribution is 2.36. The number of hydrogen-bond donors (Lipinski definition) is 1. The van der Waals surface area contributed by atoms with Crippen molar-refractivity contribution in [2.24, 2.45) is 21.1 Å². The lowest BCUT2D eigenvalue weighted by atomic mass is 10.1. The molecule has 0 bridgehead atoms. The molecular formula is C60H68N12O11S. The third-order valence-corrected chi connectivity index (χ3v) is 17.0. The number of fused-ring (bicyclic) bond motifs is 3. The van der Waals surface area contributed by atoms with Gasteiger partial charge in [0.25, 0.3) is 5.56 Å². The van der Waals surface area contributed by atoms with Crippen molar-refractivity contribution in [2.45, 2.75) is 38.9 Å². The first-order chi connectivity index (χ1) is 40.6. The summed E-state index contributed by atoms with van der Waals surface area (Å²) < 4.78 is 14.8. The first kappa shape index (κ1) is 58.5. The number of esters is 1. The molecule has 4 aliphatic rings. The summed E-state index contributed by atoms with van der Waals surface area (Å²) in [6.07, 6.45) is 3.56. The number of carbonyl (C=O) groups excluding carboxylic acids is 2. The molecule has 9 heterocycles. The summed E-state index contributed by atoms with van der Waals surface area (Å²) in [4.78, 5) is 99.9. The maximum atomic E-state index is 13.1. The molecule has 12 rings (SSSR count). The van der Waals surface area contributed by atoms with Crippen LogP contribution in [0.2, 0.25) is 0 Å². The number of carbonyl (C=O) groups is 2. The summed E-state index contributed by atoms with van der Waals surface area (Å²) in [5.74, 6) is 0.438. The topological polar surface area (TPSA) is 240 Å². The number of piperazine rings is 3. The average molecular weight is 1170 g/mol.